The fourth-order valence-corrected chi connectivity index (χ4v) is 4.49. The van der Waals surface area contributed by atoms with E-state index in [1.54, 1.807) is 18.2 Å². The van der Waals surface area contributed by atoms with E-state index >= 15 is 0 Å². The Balaban J connectivity index is 1.35. The smallest absolute Gasteiger partial charge is 0.347 e. The molecule has 1 heterocycles. The molecule has 36 heavy (non-hydrogen) atoms. The maximum atomic E-state index is 13.2. The number of rotatable bonds is 4. The highest BCUT2D eigenvalue weighted by molar-refractivity contribution is 6.30. The van der Waals surface area contributed by atoms with Gasteiger partial charge in [-0.1, -0.05) is 72.8 Å². The average Bonchev–Trinajstić information content (AvgIpc) is 2.92. The molecule has 0 radical (unpaired) electrons. The van der Waals surface area contributed by atoms with Crippen molar-refractivity contribution in [3.63, 3.8) is 0 Å². The van der Waals surface area contributed by atoms with E-state index in [0.717, 1.165) is 33.4 Å². The molecule has 0 bridgehead atoms. The summed E-state index contributed by atoms with van der Waals surface area (Å²) in [5.74, 6) is -0.661. The average molecular weight is 468 g/mol. The van der Waals surface area contributed by atoms with Crippen LogP contribution in [0.1, 0.15) is 15.9 Å². The van der Waals surface area contributed by atoms with Crippen molar-refractivity contribution in [3.8, 4) is 5.75 Å². The van der Waals surface area contributed by atoms with E-state index < -0.39 is 5.97 Å². The number of anilines is 3. The minimum atomic E-state index is -0.637. The van der Waals surface area contributed by atoms with Gasteiger partial charge < -0.3 is 9.64 Å². The summed E-state index contributed by atoms with van der Waals surface area (Å²) in [5, 5.41) is 1.84. The monoisotopic (exact) mass is 467 g/mol. The molecule has 172 valence electrons. The van der Waals surface area contributed by atoms with E-state index in [2.05, 4.69) is 29.2 Å². The first-order valence-corrected chi connectivity index (χ1v) is 11.7. The first kappa shape index (κ1) is 21.6. The number of carbonyl (C=O) groups excluding carboxylic acids is 2. The predicted molar refractivity (Wildman–Crippen MR) is 143 cm³/mol. The molecule has 0 N–H and O–H groups in total. The van der Waals surface area contributed by atoms with E-state index in [0.29, 0.717) is 11.3 Å². The molecule has 0 spiro atoms. The highest BCUT2D eigenvalue weighted by atomic mass is 16.5. The second-order valence-electron chi connectivity index (χ2n) is 8.57. The maximum absolute atomic E-state index is 13.2. The molecule has 0 aliphatic carbocycles. The lowest BCUT2D eigenvalue weighted by atomic mass is 9.95. The van der Waals surface area contributed by atoms with Crippen LogP contribution in [-0.2, 0) is 4.79 Å². The largest absolute Gasteiger partial charge is 0.422 e. The van der Waals surface area contributed by atoms with Crippen molar-refractivity contribution in [2.75, 3.05) is 4.90 Å². The number of nitrogens with zero attached hydrogens (tertiary/aromatic N) is 1. The number of ketones is 1. The van der Waals surface area contributed by atoms with E-state index in [4.69, 9.17) is 4.74 Å². The van der Waals surface area contributed by atoms with Gasteiger partial charge in [-0.3, -0.25) is 4.79 Å². The fraction of sp³-hybridized carbons (Fsp3) is 0. The summed E-state index contributed by atoms with van der Waals surface area (Å²) in [6.07, 6.45) is 1.60. The number of carbonyl (C=O) groups is 2. The van der Waals surface area contributed by atoms with Gasteiger partial charge in [-0.05, 0) is 70.9 Å². The lowest BCUT2D eigenvalue weighted by molar-refractivity contribution is -0.130. The molecular formula is C32H21NO3. The van der Waals surface area contributed by atoms with Gasteiger partial charge >= 0.3 is 5.97 Å². The quantitative estimate of drug-likeness (QED) is 0.119. The Kier molecular flexibility index (Phi) is 5.39. The summed E-state index contributed by atoms with van der Waals surface area (Å²) in [6, 6.07) is 39.2. The van der Waals surface area contributed by atoms with Crippen LogP contribution in [0.15, 0.2) is 127 Å². The van der Waals surface area contributed by atoms with Gasteiger partial charge in [0.1, 0.15) is 11.3 Å². The number of esters is 1. The lowest BCUT2D eigenvalue weighted by Gasteiger charge is -2.25. The second-order valence-corrected chi connectivity index (χ2v) is 8.57. The zero-order valence-corrected chi connectivity index (χ0v) is 19.3. The molecule has 0 unspecified atom stereocenters. The zero-order chi connectivity index (χ0) is 24.5. The summed E-state index contributed by atoms with van der Waals surface area (Å²) in [4.78, 5) is 28.1. The number of ether oxygens (including phenoxy) is 1. The van der Waals surface area contributed by atoms with Crippen molar-refractivity contribution in [3.05, 3.63) is 138 Å². The summed E-state index contributed by atoms with van der Waals surface area (Å²) in [6.45, 7) is 0. The maximum Gasteiger partial charge on any atom is 0.347 e. The highest BCUT2D eigenvalue weighted by Crippen LogP contribution is 2.35. The van der Waals surface area contributed by atoms with Crippen molar-refractivity contribution in [2.45, 2.75) is 0 Å². The van der Waals surface area contributed by atoms with Crippen molar-refractivity contribution >= 4 is 45.7 Å². The van der Waals surface area contributed by atoms with Crippen LogP contribution in [0.3, 0.4) is 0 Å². The zero-order valence-electron chi connectivity index (χ0n) is 19.3. The van der Waals surface area contributed by atoms with Crippen LogP contribution >= 0.6 is 0 Å². The van der Waals surface area contributed by atoms with Crippen LogP contribution in [0, 0.1) is 0 Å². The predicted octanol–water partition coefficient (Wildman–Crippen LogP) is 7.49. The van der Waals surface area contributed by atoms with Crippen LogP contribution < -0.4 is 9.64 Å². The van der Waals surface area contributed by atoms with E-state index in [-0.39, 0.29) is 11.4 Å². The molecule has 0 fully saturated rings. The molecular weight excluding hydrogens is 446 g/mol. The Morgan fingerprint density at radius 3 is 1.72 bits per heavy atom. The van der Waals surface area contributed by atoms with Gasteiger partial charge in [0.25, 0.3) is 0 Å². The highest BCUT2D eigenvalue weighted by Gasteiger charge is 2.31. The molecule has 0 amide bonds. The van der Waals surface area contributed by atoms with E-state index in [1.165, 1.54) is 0 Å². The molecule has 4 heteroatoms. The van der Waals surface area contributed by atoms with Crippen LogP contribution in [-0.4, -0.2) is 11.8 Å². The Labute approximate surface area is 208 Å². The molecule has 4 nitrogen and oxygen atoms in total. The first-order chi connectivity index (χ1) is 17.7. The van der Waals surface area contributed by atoms with Crippen LogP contribution in [0.25, 0.3) is 16.8 Å². The van der Waals surface area contributed by atoms with Gasteiger partial charge in [0.15, 0.2) is 0 Å². The number of Topliss-reactive ketones (excluding diaryl/α,β-unsaturated/α-hetero) is 1. The molecule has 5 aromatic rings. The van der Waals surface area contributed by atoms with Gasteiger partial charge in [-0.2, -0.15) is 0 Å². The first-order valence-electron chi connectivity index (χ1n) is 11.7. The fourth-order valence-electron chi connectivity index (χ4n) is 4.49. The standard InChI is InChI=1S/C32H21NO3/c34-31-28-20-23-9-7-8-10-24(23)21-30(28)36-32(35)29(31)19-22-15-17-27(18-16-22)33(25-11-3-1-4-12-25)26-13-5-2-6-14-26/h1-21H. The molecule has 5 aromatic carbocycles. The van der Waals surface area contributed by atoms with Gasteiger partial charge in [0.2, 0.25) is 5.78 Å². The SMILES string of the molecule is O=C1Oc2cc3ccccc3cc2C(=O)C1=Cc1ccc(N(c2ccccc2)c2ccccc2)cc1. The van der Waals surface area contributed by atoms with Crippen molar-refractivity contribution in [2.24, 2.45) is 0 Å². The molecule has 0 saturated carbocycles. The third-order valence-electron chi connectivity index (χ3n) is 6.25. The molecule has 0 aromatic heterocycles. The minimum absolute atomic E-state index is 0.0218. The number of para-hydroxylation sites is 2. The van der Waals surface area contributed by atoms with Crippen molar-refractivity contribution in [1.29, 1.82) is 0 Å². The molecule has 0 atom stereocenters. The van der Waals surface area contributed by atoms with Crippen molar-refractivity contribution < 1.29 is 14.3 Å². The number of benzene rings is 5. The van der Waals surface area contributed by atoms with Gasteiger partial charge in [0, 0.05) is 17.1 Å². The topological polar surface area (TPSA) is 46.6 Å². The Hall–Kier alpha value is -4.96. The van der Waals surface area contributed by atoms with Crippen molar-refractivity contribution in [1.82, 2.24) is 0 Å². The van der Waals surface area contributed by atoms with E-state index in [1.807, 2.05) is 84.9 Å². The van der Waals surface area contributed by atoms with Gasteiger partial charge in [-0.15, -0.1) is 0 Å². The Morgan fingerprint density at radius 2 is 1.11 bits per heavy atom. The summed E-state index contributed by atoms with van der Waals surface area (Å²) in [7, 11) is 0. The second kappa shape index (κ2) is 9.01. The van der Waals surface area contributed by atoms with Crippen LogP contribution in [0.5, 0.6) is 5.75 Å². The van der Waals surface area contributed by atoms with Gasteiger partial charge in [0.05, 0.1) is 5.56 Å². The third-order valence-corrected chi connectivity index (χ3v) is 6.25. The van der Waals surface area contributed by atoms with E-state index in [9.17, 15) is 9.59 Å². The lowest BCUT2D eigenvalue weighted by Crippen LogP contribution is -2.25. The molecule has 0 saturated heterocycles. The summed E-state index contributed by atoms with van der Waals surface area (Å²) < 4.78 is 5.54. The summed E-state index contributed by atoms with van der Waals surface area (Å²) in [5.41, 5.74) is 4.19. The third kappa shape index (κ3) is 3.95. The Morgan fingerprint density at radius 1 is 0.583 bits per heavy atom. The minimum Gasteiger partial charge on any atom is -0.422 e. The molecule has 1 aliphatic heterocycles. The number of fused-ring (bicyclic) bond motifs is 2. The Bertz CT molecular complexity index is 1580. The number of hydrogen-bond acceptors (Lipinski definition) is 4. The normalized spacial score (nSPS) is 13.9. The number of hydrogen-bond donors (Lipinski definition) is 0. The molecule has 1 aliphatic rings. The summed E-state index contributed by atoms with van der Waals surface area (Å²) >= 11 is 0. The van der Waals surface area contributed by atoms with Crippen LogP contribution in [0.2, 0.25) is 0 Å². The molecule has 6 rings (SSSR count). The van der Waals surface area contributed by atoms with Gasteiger partial charge in [-0.25, -0.2) is 4.79 Å². The van der Waals surface area contributed by atoms with Crippen LogP contribution in [0.4, 0.5) is 17.1 Å².